The van der Waals surface area contributed by atoms with Crippen LogP contribution in [-0.4, -0.2) is 30.4 Å². The Balaban J connectivity index is 0.000000362. The number of alkyl halides is 3. The van der Waals surface area contributed by atoms with Crippen molar-refractivity contribution in [2.24, 2.45) is 0 Å². The first-order chi connectivity index (χ1) is 8.49. The molecule has 1 aromatic rings. The van der Waals surface area contributed by atoms with Gasteiger partial charge in [-0.05, 0) is 12.1 Å². The van der Waals surface area contributed by atoms with E-state index in [4.69, 9.17) is 13.0 Å². The van der Waals surface area contributed by atoms with Gasteiger partial charge < -0.3 is 5.32 Å². The van der Waals surface area contributed by atoms with E-state index in [-0.39, 0.29) is 5.69 Å². The second-order valence-electron chi connectivity index (χ2n) is 2.97. The van der Waals surface area contributed by atoms with E-state index in [9.17, 15) is 23.3 Å². The lowest BCUT2D eigenvalue weighted by Gasteiger charge is -1.97. The predicted molar refractivity (Wildman–Crippen MR) is 60.2 cm³/mol. The first-order valence-corrected chi connectivity index (χ1v) is 5.89. The third-order valence-electron chi connectivity index (χ3n) is 1.66. The molecule has 0 saturated heterocycles. The Kier molecular flexibility index (Phi) is 5.71. The Hall–Kier alpha value is -1.88. The molecule has 0 fully saturated rings. The number of non-ortho nitro benzene ring substituents is 1. The second-order valence-corrected chi connectivity index (χ2v) is 4.39. The SMILES string of the molecule is CNc1ccc([N+](=O)[O-])cc1.O=S(=O)(O)C(F)(F)F. The molecule has 0 amide bonds. The fourth-order valence-electron chi connectivity index (χ4n) is 0.750. The molecule has 19 heavy (non-hydrogen) atoms. The largest absolute Gasteiger partial charge is 0.522 e. The maximum Gasteiger partial charge on any atom is 0.522 e. The molecule has 0 heterocycles. The Morgan fingerprint density at radius 2 is 1.63 bits per heavy atom. The number of nitrogens with zero attached hydrogens (tertiary/aromatic N) is 1. The van der Waals surface area contributed by atoms with Crippen molar-refractivity contribution in [1.29, 1.82) is 0 Å². The Labute approximate surface area is 105 Å². The van der Waals surface area contributed by atoms with Gasteiger partial charge in [-0.3, -0.25) is 14.7 Å². The van der Waals surface area contributed by atoms with E-state index >= 15 is 0 Å². The summed E-state index contributed by atoms with van der Waals surface area (Å²) in [6, 6.07) is 6.26. The molecule has 0 aliphatic carbocycles. The van der Waals surface area contributed by atoms with Crippen LogP contribution in [0.15, 0.2) is 24.3 Å². The van der Waals surface area contributed by atoms with E-state index in [0.29, 0.717) is 0 Å². The molecule has 11 heteroatoms. The number of nitro groups is 1. The van der Waals surface area contributed by atoms with Crippen molar-refractivity contribution in [3.05, 3.63) is 34.4 Å². The average molecular weight is 302 g/mol. The molecule has 7 nitrogen and oxygen atoms in total. The molecule has 2 N–H and O–H groups in total. The topological polar surface area (TPSA) is 110 Å². The number of hydrogen-bond donors (Lipinski definition) is 2. The van der Waals surface area contributed by atoms with Gasteiger partial charge in [0.1, 0.15) is 0 Å². The Morgan fingerprint density at radius 3 is 1.84 bits per heavy atom. The summed E-state index contributed by atoms with van der Waals surface area (Å²) in [6.07, 6.45) is 0. The van der Waals surface area contributed by atoms with Crippen LogP contribution in [0, 0.1) is 10.1 Å². The number of benzene rings is 1. The Bertz CT molecular complexity index is 526. The first kappa shape index (κ1) is 17.1. The summed E-state index contributed by atoms with van der Waals surface area (Å²) < 4.78 is 57.5. The molecule has 0 aliphatic heterocycles. The number of halogens is 3. The van der Waals surface area contributed by atoms with Crippen LogP contribution in [-0.2, 0) is 10.1 Å². The molecule has 0 atom stereocenters. The van der Waals surface area contributed by atoms with Crippen molar-refractivity contribution < 1.29 is 31.1 Å². The Morgan fingerprint density at radius 1 is 1.26 bits per heavy atom. The number of hydrogen-bond acceptors (Lipinski definition) is 5. The van der Waals surface area contributed by atoms with Gasteiger partial charge >= 0.3 is 15.6 Å². The third-order valence-corrected chi connectivity index (χ3v) is 2.24. The van der Waals surface area contributed by atoms with Crippen LogP contribution in [0.2, 0.25) is 0 Å². The zero-order valence-corrected chi connectivity index (χ0v) is 10.2. The molecule has 1 aromatic carbocycles. The van der Waals surface area contributed by atoms with Crippen LogP contribution in [0.1, 0.15) is 0 Å². The van der Waals surface area contributed by atoms with Crippen LogP contribution < -0.4 is 5.32 Å². The van der Waals surface area contributed by atoms with Crippen molar-refractivity contribution in [3.8, 4) is 0 Å². The van der Waals surface area contributed by atoms with Crippen LogP contribution in [0.4, 0.5) is 24.5 Å². The average Bonchev–Trinajstić information content (AvgIpc) is 2.27. The minimum atomic E-state index is -5.84. The minimum Gasteiger partial charge on any atom is -0.388 e. The predicted octanol–water partition coefficient (Wildman–Crippen LogP) is 2.03. The highest BCUT2D eigenvalue weighted by atomic mass is 32.2. The van der Waals surface area contributed by atoms with Crippen molar-refractivity contribution in [1.82, 2.24) is 0 Å². The minimum absolute atomic E-state index is 0.115. The summed E-state index contributed by atoms with van der Waals surface area (Å²) in [6.45, 7) is 0. The number of nitrogens with one attached hydrogen (secondary N) is 1. The summed E-state index contributed by atoms with van der Waals surface area (Å²) >= 11 is 0. The van der Waals surface area contributed by atoms with Gasteiger partial charge in [0.2, 0.25) is 0 Å². The van der Waals surface area contributed by atoms with E-state index in [1.54, 1.807) is 19.2 Å². The molecule has 0 aliphatic rings. The molecule has 0 radical (unpaired) electrons. The first-order valence-electron chi connectivity index (χ1n) is 4.45. The highest BCUT2D eigenvalue weighted by Gasteiger charge is 2.44. The lowest BCUT2D eigenvalue weighted by atomic mass is 10.3. The van der Waals surface area contributed by atoms with E-state index < -0.39 is 20.5 Å². The maximum atomic E-state index is 10.7. The summed E-state index contributed by atoms with van der Waals surface area (Å²) in [5.74, 6) is 0. The van der Waals surface area contributed by atoms with Crippen molar-refractivity contribution in [2.45, 2.75) is 5.51 Å². The molecule has 1 rings (SSSR count). The van der Waals surface area contributed by atoms with Crippen molar-refractivity contribution >= 4 is 21.5 Å². The molecule has 0 spiro atoms. The van der Waals surface area contributed by atoms with E-state index in [2.05, 4.69) is 5.32 Å². The summed E-state index contributed by atoms with van der Waals surface area (Å²) in [7, 11) is -4.08. The zero-order chi connectivity index (χ0) is 15.3. The lowest BCUT2D eigenvalue weighted by molar-refractivity contribution is -0.384. The lowest BCUT2D eigenvalue weighted by Crippen LogP contribution is -2.21. The van der Waals surface area contributed by atoms with Gasteiger partial charge in [-0.2, -0.15) is 21.6 Å². The number of anilines is 1. The van der Waals surface area contributed by atoms with Crippen molar-refractivity contribution in [3.63, 3.8) is 0 Å². The van der Waals surface area contributed by atoms with Crippen LogP contribution >= 0.6 is 0 Å². The fraction of sp³-hybridized carbons (Fsp3) is 0.250. The van der Waals surface area contributed by atoms with Gasteiger partial charge in [0.05, 0.1) is 4.92 Å². The molecule has 108 valence electrons. The molecule has 0 bridgehead atoms. The number of rotatable bonds is 2. The fourth-order valence-corrected chi connectivity index (χ4v) is 0.750. The molecule has 0 aromatic heterocycles. The molecular weight excluding hydrogens is 293 g/mol. The summed E-state index contributed by atoms with van der Waals surface area (Å²) in [5.41, 5.74) is -4.55. The number of nitro benzene ring substituents is 1. The quantitative estimate of drug-likeness (QED) is 0.374. The highest BCUT2D eigenvalue weighted by Crippen LogP contribution is 2.20. The van der Waals surface area contributed by atoms with E-state index in [1.807, 2.05) is 0 Å². The van der Waals surface area contributed by atoms with Crippen LogP contribution in [0.3, 0.4) is 0 Å². The van der Waals surface area contributed by atoms with Gasteiger partial charge in [-0.1, -0.05) is 0 Å². The maximum absolute atomic E-state index is 10.7. The highest BCUT2D eigenvalue weighted by molar-refractivity contribution is 7.86. The van der Waals surface area contributed by atoms with Gasteiger partial charge in [-0.15, -0.1) is 0 Å². The second kappa shape index (κ2) is 6.33. The smallest absolute Gasteiger partial charge is 0.388 e. The molecular formula is C8H9F3N2O5S. The molecule has 0 unspecified atom stereocenters. The van der Waals surface area contributed by atoms with Crippen LogP contribution in [0.25, 0.3) is 0 Å². The normalized spacial score (nSPS) is 11.2. The van der Waals surface area contributed by atoms with Gasteiger partial charge in [0.15, 0.2) is 0 Å². The van der Waals surface area contributed by atoms with Crippen molar-refractivity contribution in [2.75, 3.05) is 12.4 Å². The summed E-state index contributed by atoms with van der Waals surface area (Å²) in [5, 5.41) is 13.1. The van der Waals surface area contributed by atoms with Crippen LogP contribution in [0.5, 0.6) is 0 Å². The third kappa shape index (κ3) is 6.01. The van der Waals surface area contributed by atoms with E-state index in [1.165, 1.54) is 12.1 Å². The van der Waals surface area contributed by atoms with Gasteiger partial charge in [-0.25, -0.2) is 0 Å². The molecule has 0 saturated carbocycles. The zero-order valence-electron chi connectivity index (χ0n) is 9.38. The van der Waals surface area contributed by atoms with E-state index in [0.717, 1.165) is 5.69 Å². The monoisotopic (exact) mass is 302 g/mol. The van der Waals surface area contributed by atoms with Gasteiger partial charge in [0.25, 0.3) is 5.69 Å². The standard InChI is InChI=1S/C7H8N2O2.CHF3O3S/c1-8-6-2-4-7(5-3-6)9(10)11;2-1(3,4)8(5,6)7/h2-5,8H,1H3;(H,5,6,7). The van der Waals surface area contributed by atoms with Gasteiger partial charge in [0, 0.05) is 24.9 Å². The summed E-state index contributed by atoms with van der Waals surface area (Å²) in [4.78, 5) is 9.77.